The SMILES string of the molecule is c1cn(CCN2CCCCC2)c(NC2CCCCC2)n1. The molecule has 0 unspecified atom stereocenters. The van der Waals surface area contributed by atoms with Crippen LogP contribution in [0.15, 0.2) is 12.4 Å². The molecule has 2 fully saturated rings. The van der Waals surface area contributed by atoms with Crippen molar-refractivity contribution in [3.8, 4) is 0 Å². The van der Waals surface area contributed by atoms with Gasteiger partial charge >= 0.3 is 0 Å². The first-order valence-electron chi connectivity index (χ1n) is 8.42. The van der Waals surface area contributed by atoms with Gasteiger partial charge in [0.05, 0.1) is 0 Å². The van der Waals surface area contributed by atoms with Gasteiger partial charge in [-0.05, 0) is 38.8 Å². The number of likely N-dealkylation sites (tertiary alicyclic amines) is 1. The minimum absolute atomic E-state index is 0.639. The van der Waals surface area contributed by atoms with Crippen LogP contribution in [0.5, 0.6) is 0 Å². The lowest BCUT2D eigenvalue weighted by atomic mass is 9.96. The number of hydrogen-bond acceptors (Lipinski definition) is 3. The molecule has 20 heavy (non-hydrogen) atoms. The third-order valence-corrected chi connectivity index (χ3v) is 4.76. The summed E-state index contributed by atoms with van der Waals surface area (Å²) < 4.78 is 2.29. The lowest BCUT2D eigenvalue weighted by Crippen LogP contribution is -2.33. The Morgan fingerprint density at radius 3 is 2.55 bits per heavy atom. The number of imidazole rings is 1. The molecule has 1 aromatic rings. The maximum atomic E-state index is 4.51. The Balaban J connectivity index is 1.50. The standard InChI is InChI=1S/C16H28N4/c1-3-7-15(8-4-1)18-16-17-9-12-20(16)14-13-19-10-5-2-6-11-19/h9,12,15H,1-8,10-11,13-14H2,(H,17,18). The molecule has 2 aliphatic rings. The number of nitrogens with one attached hydrogen (secondary N) is 1. The highest BCUT2D eigenvalue weighted by molar-refractivity contribution is 5.27. The Kier molecular flexibility index (Phi) is 4.96. The van der Waals surface area contributed by atoms with E-state index < -0.39 is 0 Å². The molecular weight excluding hydrogens is 248 g/mol. The van der Waals surface area contributed by atoms with Gasteiger partial charge in [-0.1, -0.05) is 25.7 Å². The van der Waals surface area contributed by atoms with Gasteiger partial charge in [-0.2, -0.15) is 0 Å². The van der Waals surface area contributed by atoms with E-state index in [0.717, 1.165) is 19.0 Å². The van der Waals surface area contributed by atoms with Crippen LogP contribution in [0.3, 0.4) is 0 Å². The summed E-state index contributed by atoms with van der Waals surface area (Å²) in [6, 6.07) is 0.639. The van der Waals surface area contributed by atoms with Gasteiger partial charge in [0.15, 0.2) is 0 Å². The van der Waals surface area contributed by atoms with Crippen molar-refractivity contribution in [1.82, 2.24) is 14.5 Å². The Labute approximate surface area is 122 Å². The number of hydrogen-bond donors (Lipinski definition) is 1. The molecule has 3 rings (SSSR count). The molecule has 0 spiro atoms. The predicted octanol–water partition coefficient (Wildman–Crippen LogP) is 3.11. The molecule has 1 aromatic heterocycles. The predicted molar refractivity (Wildman–Crippen MR) is 83.0 cm³/mol. The van der Waals surface area contributed by atoms with E-state index >= 15 is 0 Å². The number of aromatic nitrogens is 2. The molecule has 0 radical (unpaired) electrons. The van der Waals surface area contributed by atoms with Crippen molar-refractivity contribution in [2.45, 2.75) is 64.0 Å². The van der Waals surface area contributed by atoms with Crippen LogP contribution < -0.4 is 5.32 Å². The van der Waals surface area contributed by atoms with Crippen molar-refractivity contribution >= 4 is 5.95 Å². The van der Waals surface area contributed by atoms with Crippen molar-refractivity contribution in [3.05, 3.63) is 12.4 Å². The molecule has 0 aromatic carbocycles. The van der Waals surface area contributed by atoms with Crippen molar-refractivity contribution in [2.75, 3.05) is 25.0 Å². The minimum atomic E-state index is 0.639. The van der Waals surface area contributed by atoms with E-state index in [2.05, 4.69) is 26.0 Å². The summed E-state index contributed by atoms with van der Waals surface area (Å²) >= 11 is 0. The summed E-state index contributed by atoms with van der Waals surface area (Å²) in [7, 11) is 0. The Morgan fingerprint density at radius 2 is 1.75 bits per heavy atom. The molecule has 1 saturated heterocycles. The van der Waals surface area contributed by atoms with Crippen LogP contribution in [-0.4, -0.2) is 40.1 Å². The number of anilines is 1. The Bertz CT molecular complexity index is 389. The molecule has 1 aliphatic heterocycles. The molecule has 1 saturated carbocycles. The van der Waals surface area contributed by atoms with E-state index in [1.807, 2.05) is 6.20 Å². The zero-order valence-electron chi connectivity index (χ0n) is 12.6. The molecule has 0 atom stereocenters. The van der Waals surface area contributed by atoms with Crippen molar-refractivity contribution in [3.63, 3.8) is 0 Å². The molecule has 0 amide bonds. The van der Waals surface area contributed by atoms with Gasteiger partial charge in [-0.15, -0.1) is 0 Å². The van der Waals surface area contributed by atoms with E-state index in [-0.39, 0.29) is 0 Å². The number of piperidine rings is 1. The molecular formula is C16H28N4. The molecule has 0 bridgehead atoms. The largest absolute Gasteiger partial charge is 0.353 e. The van der Waals surface area contributed by atoms with Gasteiger partial charge in [0.2, 0.25) is 5.95 Å². The fourth-order valence-electron chi connectivity index (χ4n) is 3.49. The zero-order chi connectivity index (χ0) is 13.6. The molecule has 112 valence electrons. The summed E-state index contributed by atoms with van der Waals surface area (Å²) in [5, 5.41) is 3.65. The van der Waals surface area contributed by atoms with Gasteiger partial charge in [-0.25, -0.2) is 4.98 Å². The van der Waals surface area contributed by atoms with E-state index in [1.165, 1.54) is 64.5 Å². The lowest BCUT2D eigenvalue weighted by molar-refractivity contribution is 0.221. The van der Waals surface area contributed by atoms with Gasteiger partial charge in [0.25, 0.3) is 0 Å². The van der Waals surface area contributed by atoms with Crippen LogP contribution in [-0.2, 0) is 6.54 Å². The Hall–Kier alpha value is -1.03. The second kappa shape index (κ2) is 7.11. The Morgan fingerprint density at radius 1 is 1.00 bits per heavy atom. The second-order valence-corrected chi connectivity index (χ2v) is 6.33. The summed E-state index contributed by atoms with van der Waals surface area (Å²) in [6.07, 6.45) is 15.0. The summed E-state index contributed by atoms with van der Waals surface area (Å²) in [5.41, 5.74) is 0. The first-order chi connectivity index (χ1) is 9.92. The summed E-state index contributed by atoms with van der Waals surface area (Å²) in [6.45, 7) is 4.78. The van der Waals surface area contributed by atoms with Crippen LogP contribution in [0.25, 0.3) is 0 Å². The highest BCUT2D eigenvalue weighted by Gasteiger charge is 2.16. The van der Waals surface area contributed by atoms with Crippen LogP contribution >= 0.6 is 0 Å². The molecule has 4 nitrogen and oxygen atoms in total. The lowest BCUT2D eigenvalue weighted by Gasteiger charge is -2.27. The van der Waals surface area contributed by atoms with Gasteiger partial charge < -0.3 is 14.8 Å². The van der Waals surface area contributed by atoms with E-state index in [1.54, 1.807) is 0 Å². The van der Waals surface area contributed by atoms with E-state index in [9.17, 15) is 0 Å². The average molecular weight is 276 g/mol. The fourth-order valence-corrected chi connectivity index (χ4v) is 3.49. The van der Waals surface area contributed by atoms with E-state index in [0.29, 0.717) is 6.04 Å². The van der Waals surface area contributed by atoms with Crippen LogP contribution in [0.1, 0.15) is 51.4 Å². The molecule has 2 heterocycles. The third kappa shape index (κ3) is 3.75. The van der Waals surface area contributed by atoms with Crippen LogP contribution in [0, 0.1) is 0 Å². The van der Waals surface area contributed by atoms with Gasteiger partial charge in [-0.3, -0.25) is 0 Å². The highest BCUT2D eigenvalue weighted by atomic mass is 15.2. The van der Waals surface area contributed by atoms with Crippen molar-refractivity contribution < 1.29 is 0 Å². The smallest absolute Gasteiger partial charge is 0.203 e. The molecule has 1 N–H and O–H groups in total. The number of nitrogens with zero attached hydrogens (tertiary/aromatic N) is 3. The van der Waals surface area contributed by atoms with E-state index in [4.69, 9.17) is 0 Å². The summed E-state index contributed by atoms with van der Waals surface area (Å²) in [5.74, 6) is 1.08. The normalized spacial score (nSPS) is 22.0. The third-order valence-electron chi connectivity index (χ3n) is 4.76. The topological polar surface area (TPSA) is 33.1 Å². The first kappa shape index (κ1) is 13.9. The fraction of sp³-hybridized carbons (Fsp3) is 0.812. The maximum Gasteiger partial charge on any atom is 0.203 e. The van der Waals surface area contributed by atoms with Gasteiger partial charge in [0, 0.05) is 31.5 Å². The van der Waals surface area contributed by atoms with Crippen molar-refractivity contribution in [1.29, 1.82) is 0 Å². The zero-order valence-corrected chi connectivity index (χ0v) is 12.6. The first-order valence-corrected chi connectivity index (χ1v) is 8.42. The van der Waals surface area contributed by atoms with Crippen LogP contribution in [0.2, 0.25) is 0 Å². The second-order valence-electron chi connectivity index (χ2n) is 6.33. The molecule has 4 heteroatoms. The monoisotopic (exact) mass is 276 g/mol. The maximum absolute atomic E-state index is 4.51. The average Bonchev–Trinajstić information content (AvgIpc) is 2.94. The number of rotatable bonds is 5. The van der Waals surface area contributed by atoms with Crippen LogP contribution in [0.4, 0.5) is 5.95 Å². The minimum Gasteiger partial charge on any atom is -0.353 e. The quantitative estimate of drug-likeness (QED) is 0.897. The van der Waals surface area contributed by atoms with Crippen molar-refractivity contribution in [2.24, 2.45) is 0 Å². The molecule has 1 aliphatic carbocycles. The summed E-state index contributed by atoms with van der Waals surface area (Å²) in [4.78, 5) is 7.10. The highest BCUT2D eigenvalue weighted by Crippen LogP contribution is 2.21. The van der Waals surface area contributed by atoms with Gasteiger partial charge in [0.1, 0.15) is 0 Å².